The van der Waals surface area contributed by atoms with E-state index >= 15 is 0 Å². The van der Waals surface area contributed by atoms with Gasteiger partial charge in [-0.25, -0.2) is 4.39 Å². The van der Waals surface area contributed by atoms with Gasteiger partial charge >= 0.3 is 0 Å². The fraction of sp³-hybridized carbons (Fsp3) is 0.417. The summed E-state index contributed by atoms with van der Waals surface area (Å²) in [6.07, 6.45) is 0.866. The van der Waals surface area contributed by atoms with Crippen LogP contribution >= 0.6 is 0 Å². The Labute approximate surface area is 98.8 Å². The molecule has 0 aliphatic carbocycles. The summed E-state index contributed by atoms with van der Waals surface area (Å²) < 4.78 is 13.4. The molecule has 0 unspecified atom stereocenters. The number of aliphatic hydroxyl groups is 1. The maximum Gasteiger partial charge on any atom is 0.148 e. The van der Waals surface area contributed by atoms with Gasteiger partial charge in [-0.3, -0.25) is 5.10 Å². The molecule has 0 aliphatic heterocycles. The topological polar surface area (TPSA) is 60.9 Å². The monoisotopic (exact) mass is 237 g/mol. The molecule has 4 nitrogen and oxygen atoms in total. The number of halogens is 1. The Balaban J connectivity index is 2.29. The molecule has 0 aliphatic rings. The van der Waals surface area contributed by atoms with Crippen molar-refractivity contribution in [3.05, 3.63) is 29.7 Å². The van der Waals surface area contributed by atoms with Crippen molar-refractivity contribution in [1.82, 2.24) is 15.5 Å². The average molecular weight is 237 g/mol. The van der Waals surface area contributed by atoms with Gasteiger partial charge in [-0.15, -0.1) is 0 Å². The standard InChI is InChI=1S/C12H16FN3O/c1-7(2)14-6-11(17)8-3-4-10(13)12-9(8)5-15-16-12/h3-5,7,11,14,17H,6H2,1-2H3,(H,15,16)/t11-/m0/s1. The van der Waals surface area contributed by atoms with Crippen LogP contribution in [-0.4, -0.2) is 27.9 Å². The number of H-pyrrole nitrogens is 1. The summed E-state index contributed by atoms with van der Waals surface area (Å²) in [5, 5.41) is 20.2. The highest BCUT2D eigenvalue weighted by molar-refractivity contribution is 5.82. The first kappa shape index (κ1) is 12.0. The zero-order valence-corrected chi connectivity index (χ0v) is 9.87. The summed E-state index contributed by atoms with van der Waals surface area (Å²) in [6, 6.07) is 3.24. The van der Waals surface area contributed by atoms with Crippen LogP contribution in [-0.2, 0) is 0 Å². The van der Waals surface area contributed by atoms with Crippen molar-refractivity contribution in [1.29, 1.82) is 0 Å². The van der Waals surface area contributed by atoms with Gasteiger partial charge in [0.1, 0.15) is 11.3 Å². The second kappa shape index (κ2) is 4.81. The SMILES string of the molecule is CC(C)NC[C@H](O)c1ccc(F)c2[nH]ncc12. The molecular weight excluding hydrogens is 221 g/mol. The number of aromatic amines is 1. The van der Waals surface area contributed by atoms with E-state index in [1.165, 1.54) is 12.3 Å². The Morgan fingerprint density at radius 1 is 1.47 bits per heavy atom. The van der Waals surface area contributed by atoms with Crippen LogP contribution in [0.15, 0.2) is 18.3 Å². The Bertz CT molecular complexity index is 509. The Morgan fingerprint density at radius 2 is 2.24 bits per heavy atom. The molecule has 2 aromatic rings. The highest BCUT2D eigenvalue weighted by Gasteiger charge is 2.14. The third-order valence-corrected chi connectivity index (χ3v) is 2.68. The highest BCUT2D eigenvalue weighted by atomic mass is 19.1. The molecule has 0 spiro atoms. The minimum absolute atomic E-state index is 0.296. The van der Waals surface area contributed by atoms with E-state index in [1.54, 1.807) is 6.07 Å². The summed E-state index contributed by atoms with van der Waals surface area (Å²) in [6.45, 7) is 4.44. The van der Waals surface area contributed by atoms with Gasteiger partial charge in [0.05, 0.1) is 12.3 Å². The number of nitrogens with zero attached hydrogens (tertiary/aromatic N) is 1. The van der Waals surface area contributed by atoms with Crippen molar-refractivity contribution in [2.45, 2.75) is 26.0 Å². The minimum Gasteiger partial charge on any atom is -0.387 e. The fourth-order valence-electron chi connectivity index (χ4n) is 1.77. The fourth-order valence-corrected chi connectivity index (χ4v) is 1.77. The molecule has 0 radical (unpaired) electrons. The Morgan fingerprint density at radius 3 is 2.94 bits per heavy atom. The van der Waals surface area contributed by atoms with E-state index in [1.807, 2.05) is 13.8 Å². The van der Waals surface area contributed by atoms with Crippen LogP contribution in [0.25, 0.3) is 10.9 Å². The maximum absolute atomic E-state index is 13.4. The Hall–Kier alpha value is -1.46. The molecular formula is C12H16FN3O. The van der Waals surface area contributed by atoms with Gasteiger partial charge in [0.25, 0.3) is 0 Å². The number of benzene rings is 1. The lowest BCUT2D eigenvalue weighted by atomic mass is 10.0. The van der Waals surface area contributed by atoms with Crippen LogP contribution < -0.4 is 5.32 Å². The number of fused-ring (bicyclic) bond motifs is 1. The molecule has 0 saturated carbocycles. The number of hydrogen-bond donors (Lipinski definition) is 3. The lowest BCUT2D eigenvalue weighted by Gasteiger charge is -2.15. The van der Waals surface area contributed by atoms with E-state index in [0.29, 0.717) is 29.1 Å². The quantitative estimate of drug-likeness (QED) is 0.759. The smallest absolute Gasteiger partial charge is 0.148 e. The third-order valence-electron chi connectivity index (χ3n) is 2.68. The highest BCUT2D eigenvalue weighted by Crippen LogP contribution is 2.24. The van der Waals surface area contributed by atoms with Crippen LogP contribution in [0.3, 0.4) is 0 Å². The van der Waals surface area contributed by atoms with Gasteiger partial charge in [0, 0.05) is 18.0 Å². The van der Waals surface area contributed by atoms with Gasteiger partial charge in [-0.05, 0) is 11.6 Å². The first-order chi connectivity index (χ1) is 8.09. The molecule has 0 amide bonds. The van der Waals surface area contributed by atoms with Crippen LogP contribution in [0.1, 0.15) is 25.5 Å². The van der Waals surface area contributed by atoms with Crippen LogP contribution in [0, 0.1) is 5.82 Å². The number of aliphatic hydroxyl groups excluding tert-OH is 1. The van der Waals surface area contributed by atoms with Crippen molar-refractivity contribution in [2.24, 2.45) is 0 Å². The predicted octanol–water partition coefficient (Wildman–Crippen LogP) is 1.73. The van der Waals surface area contributed by atoms with Gasteiger partial charge in [0.2, 0.25) is 0 Å². The van der Waals surface area contributed by atoms with E-state index in [-0.39, 0.29) is 5.82 Å². The molecule has 1 aromatic carbocycles. The number of hydrogen-bond acceptors (Lipinski definition) is 3. The molecule has 0 bridgehead atoms. The van der Waals surface area contributed by atoms with E-state index in [9.17, 15) is 9.50 Å². The molecule has 3 N–H and O–H groups in total. The number of nitrogens with one attached hydrogen (secondary N) is 2. The van der Waals surface area contributed by atoms with E-state index < -0.39 is 6.10 Å². The van der Waals surface area contributed by atoms with Crippen LogP contribution in [0.4, 0.5) is 4.39 Å². The average Bonchev–Trinajstić information content (AvgIpc) is 2.76. The molecule has 1 heterocycles. The van der Waals surface area contributed by atoms with Crippen molar-refractivity contribution < 1.29 is 9.50 Å². The largest absolute Gasteiger partial charge is 0.387 e. The van der Waals surface area contributed by atoms with Gasteiger partial charge < -0.3 is 10.4 Å². The van der Waals surface area contributed by atoms with Crippen molar-refractivity contribution >= 4 is 10.9 Å². The number of aromatic nitrogens is 2. The predicted molar refractivity (Wildman–Crippen MR) is 64.2 cm³/mol. The first-order valence-corrected chi connectivity index (χ1v) is 5.62. The van der Waals surface area contributed by atoms with E-state index in [2.05, 4.69) is 15.5 Å². The normalized spacial score (nSPS) is 13.5. The summed E-state index contributed by atoms with van der Waals surface area (Å²) in [5.41, 5.74) is 1.02. The van der Waals surface area contributed by atoms with Crippen LogP contribution in [0.2, 0.25) is 0 Å². The molecule has 0 saturated heterocycles. The van der Waals surface area contributed by atoms with E-state index in [0.717, 1.165) is 0 Å². The van der Waals surface area contributed by atoms with Crippen molar-refractivity contribution in [2.75, 3.05) is 6.54 Å². The molecule has 92 valence electrons. The summed E-state index contributed by atoms with van der Waals surface area (Å²) in [5.74, 6) is -0.356. The molecule has 17 heavy (non-hydrogen) atoms. The minimum atomic E-state index is -0.668. The zero-order valence-electron chi connectivity index (χ0n) is 9.87. The molecule has 5 heteroatoms. The Kier molecular flexibility index (Phi) is 3.40. The second-order valence-electron chi connectivity index (χ2n) is 4.37. The molecule has 1 atom stereocenters. The third kappa shape index (κ3) is 2.45. The summed E-state index contributed by atoms with van der Waals surface area (Å²) in [7, 11) is 0. The van der Waals surface area contributed by atoms with E-state index in [4.69, 9.17) is 0 Å². The van der Waals surface area contributed by atoms with Crippen molar-refractivity contribution in [3.63, 3.8) is 0 Å². The lowest BCUT2D eigenvalue weighted by Crippen LogP contribution is -2.27. The summed E-state index contributed by atoms with van der Waals surface area (Å²) >= 11 is 0. The van der Waals surface area contributed by atoms with Crippen molar-refractivity contribution in [3.8, 4) is 0 Å². The molecule has 0 fully saturated rings. The van der Waals surface area contributed by atoms with Gasteiger partial charge in [-0.2, -0.15) is 5.10 Å². The lowest BCUT2D eigenvalue weighted by molar-refractivity contribution is 0.173. The van der Waals surface area contributed by atoms with Gasteiger partial charge in [-0.1, -0.05) is 19.9 Å². The second-order valence-corrected chi connectivity index (χ2v) is 4.37. The van der Waals surface area contributed by atoms with Crippen LogP contribution in [0.5, 0.6) is 0 Å². The van der Waals surface area contributed by atoms with Gasteiger partial charge in [0.15, 0.2) is 0 Å². The number of rotatable bonds is 4. The summed E-state index contributed by atoms with van der Waals surface area (Å²) in [4.78, 5) is 0. The molecule has 2 rings (SSSR count). The first-order valence-electron chi connectivity index (χ1n) is 5.62. The molecule has 1 aromatic heterocycles. The maximum atomic E-state index is 13.4. The zero-order chi connectivity index (χ0) is 12.4.